The Bertz CT molecular complexity index is 343. The molecule has 0 fully saturated rings. The van der Waals surface area contributed by atoms with Crippen LogP contribution in [0.2, 0.25) is 5.02 Å². The molecule has 1 heterocycles. The van der Waals surface area contributed by atoms with Crippen LogP contribution < -0.4 is 10.5 Å². The molecule has 0 amide bonds. The van der Waals surface area contributed by atoms with Gasteiger partial charge in [0.15, 0.2) is 0 Å². The van der Waals surface area contributed by atoms with Crippen LogP contribution in [0.15, 0.2) is 12.1 Å². The van der Waals surface area contributed by atoms with E-state index in [-0.39, 0.29) is 6.04 Å². The van der Waals surface area contributed by atoms with Gasteiger partial charge < -0.3 is 10.5 Å². The van der Waals surface area contributed by atoms with E-state index in [0.717, 1.165) is 21.3 Å². The summed E-state index contributed by atoms with van der Waals surface area (Å²) >= 11 is 8.25. The smallest absolute Gasteiger partial charge is 0.142 e. The highest BCUT2D eigenvalue weighted by Crippen LogP contribution is 2.37. The van der Waals surface area contributed by atoms with E-state index in [9.17, 15) is 0 Å². The van der Waals surface area contributed by atoms with E-state index < -0.39 is 0 Å². The Morgan fingerprint density at radius 3 is 3.08 bits per heavy atom. The summed E-state index contributed by atoms with van der Waals surface area (Å²) in [6.07, 6.45) is 0.865. The SMILES string of the molecule is NC1CCOc2c(Cl)cc(I)cc21. The Morgan fingerprint density at radius 1 is 1.54 bits per heavy atom. The van der Waals surface area contributed by atoms with Gasteiger partial charge in [-0.05, 0) is 34.7 Å². The molecular formula is C9H9ClINO. The van der Waals surface area contributed by atoms with Crippen LogP contribution in [0.3, 0.4) is 0 Å². The molecule has 70 valence electrons. The molecular weight excluding hydrogens is 300 g/mol. The molecule has 1 aromatic rings. The lowest BCUT2D eigenvalue weighted by Crippen LogP contribution is -2.20. The minimum absolute atomic E-state index is 0.0657. The third-order valence-corrected chi connectivity index (χ3v) is 3.02. The average molecular weight is 310 g/mol. The number of halogens is 2. The normalized spacial score (nSPS) is 20.7. The maximum absolute atomic E-state index is 6.03. The van der Waals surface area contributed by atoms with Gasteiger partial charge in [-0.3, -0.25) is 0 Å². The van der Waals surface area contributed by atoms with Crippen LogP contribution in [-0.4, -0.2) is 6.61 Å². The Balaban J connectivity index is 2.56. The quantitative estimate of drug-likeness (QED) is 0.748. The van der Waals surface area contributed by atoms with E-state index >= 15 is 0 Å². The molecule has 13 heavy (non-hydrogen) atoms. The standard InChI is InChI=1S/C9H9ClINO/c10-7-4-5(11)3-6-8(12)1-2-13-9(6)7/h3-4,8H,1-2,12H2. The first-order valence-electron chi connectivity index (χ1n) is 4.06. The summed E-state index contributed by atoms with van der Waals surface area (Å²) in [5.41, 5.74) is 6.97. The second-order valence-electron chi connectivity index (χ2n) is 3.05. The molecule has 0 aromatic heterocycles. The predicted octanol–water partition coefficient (Wildman–Crippen LogP) is 2.73. The van der Waals surface area contributed by atoms with Crippen LogP contribution >= 0.6 is 34.2 Å². The van der Waals surface area contributed by atoms with Gasteiger partial charge in [0.05, 0.1) is 11.6 Å². The van der Waals surface area contributed by atoms with Gasteiger partial charge in [0, 0.05) is 21.6 Å². The molecule has 0 aliphatic carbocycles. The van der Waals surface area contributed by atoms with Gasteiger partial charge in [0.25, 0.3) is 0 Å². The number of nitrogens with two attached hydrogens (primary N) is 1. The van der Waals surface area contributed by atoms with Crippen LogP contribution in [0.1, 0.15) is 18.0 Å². The van der Waals surface area contributed by atoms with Crippen molar-refractivity contribution in [1.29, 1.82) is 0 Å². The number of ether oxygens (including phenoxy) is 1. The molecule has 1 atom stereocenters. The van der Waals surface area contributed by atoms with Crippen LogP contribution in [0.25, 0.3) is 0 Å². The molecule has 0 saturated heterocycles. The van der Waals surface area contributed by atoms with Gasteiger partial charge in [-0.1, -0.05) is 11.6 Å². The minimum Gasteiger partial charge on any atom is -0.492 e. The molecule has 1 aliphatic rings. The summed E-state index contributed by atoms with van der Waals surface area (Å²) in [5, 5.41) is 0.664. The van der Waals surface area contributed by atoms with E-state index in [1.807, 2.05) is 12.1 Å². The molecule has 0 radical (unpaired) electrons. The van der Waals surface area contributed by atoms with Crippen molar-refractivity contribution in [2.45, 2.75) is 12.5 Å². The van der Waals surface area contributed by atoms with Gasteiger partial charge in [-0.25, -0.2) is 0 Å². The topological polar surface area (TPSA) is 35.2 Å². The lowest BCUT2D eigenvalue weighted by atomic mass is 10.0. The summed E-state index contributed by atoms with van der Waals surface area (Å²) in [6, 6.07) is 3.99. The van der Waals surface area contributed by atoms with Crippen molar-refractivity contribution in [3.8, 4) is 5.75 Å². The maximum Gasteiger partial charge on any atom is 0.142 e. The van der Waals surface area contributed by atoms with E-state index in [0.29, 0.717) is 11.6 Å². The van der Waals surface area contributed by atoms with E-state index in [4.69, 9.17) is 22.1 Å². The fraction of sp³-hybridized carbons (Fsp3) is 0.333. The third-order valence-electron chi connectivity index (χ3n) is 2.11. The largest absolute Gasteiger partial charge is 0.492 e. The second-order valence-corrected chi connectivity index (χ2v) is 4.70. The second kappa shape index (κ2) is 3.63. The van der Waals surface area contributed by atoms with Crippen molar-refractivity contribution < 1.29 is 4.74 Å². The Hall–Kier alpha value is -0.0000000000000000555. The lowest BCUT2D eigenvalue weighted by Gasteiger charge is -2.23. The Kier molecular flexibility index (Phi) is 2.67. The Labute approximate surface area is 95.5 Å². The van der Waals surface area contributed by atoms with Crippen molar-refractivity contribution >= 4 is 34.2 Å². The average Bonchev–Trinajstić information content (AvgIpc) is 2.07. The zero-order valence-electron chi connectivity index (χ0n) is 6.89. The summed E-state index contributed by atoms with van der Waals surface area (Å²) in [7, 11) is 0. The number of rotatable bonds is 0. The number of benzene rings is 1. The minimum atomic E-state index is 0.0657. The van der Waals surface area contributed by atoms with Gasteiger partial charge >= 0.3 is 0 Å². The summed E-state index contributed by atoms with van der Waals surface area (Å²) in [5.74, 6) is 0.765. The van der Waals surface area contributed by atoms with Crippen LogP contribution in [0, 0.1) is 3.57 Å². The summed E-state index contributed by atoms with van der Waals surface area (Å²) in [4.78, 5) is 0. The maximum atomic E-state index is 6.03. The first-order valence-corrected chi connectivity index (χ1v) is 5.51. The van der Waals surface area contributed by atoms with Gasteiger partial charge in [-0.15, -0.1) is 0 Å². The highest BCUT2D eigenvalue weighted by Gasteiger charge is 2.20. The van der Waals surface area contributed by atoms with Crippen LogP contribution in [-0.2, 0) is 0 Å². The molecule has 2 nitrogen and oxygen atoms in total. The number of fused-ring (bicyclic) bond motifs is 1. The molecule has 4 heteroatoms. The molecule has 2 N–H and O–H groups in total. The monoisotopic (exact) mass is 309 g/mol. The summed E-state index contributed by atoms with van der Waals surface area (Å²) < 4.78 is 6.56. The van der Waals surface area contributed by atoms with Crippen molar-refractivity contribution in [2.24, 2.45) is 5.73 Å². The van der Waals surface area contributed by atoms with Crippen molar-refractivity contribution in [1.82, 2.24) is 0 Å². The third kappa shape index (κ3) is 1.78. The first-order chi connectivity index (χ1) is 6.18. The zero-order chi connectivity index (χ0) is 9.42. The molecule has 1 aromatic carbocycles. The first kappa shape index (κ1) is 9.55. The van der Waals surface area contributed by atoms with Crippen molar-refractivity contribution in [2.75, 3.05) is 6.61 Å². The highest BCUT2D eigenvalue weighted by atomic mass is 127. The molecule has 1 aliphatic heterocycles. The van der Waals surface area contributed by atoms with E-state index in [2.05, 4.69) is 22.6 Å². The van der Waals surface area contributed by atoms with Gasteiger partial charge in [0.1, 0.15) is 5.75 Å². The van der Waals surface area contributed by atoms with Crippen LogP contribution in [0.5, 0.6) is 5.75 Å². The van der Waals surface area contributed by atoms with E-state index in [1.54, 1.807) is 0 Å². The predicted molar refractivity (Wildman–Crippen MR) is 61.2 cm³/mol. The number of hydrogen-bond acceptors (Lipinski definition) is 2. The van der Waals surface area contributed by atoms with E-state index in [1.165, 1.54) is 0 Å². The highest BCUT2D eigenvalue weighted by molar-refractivity contribution is 14.1. The number of hydrogen-bond donors (Lipinski definition) is 1. The zero-order valence-corrected chi connectivity index (χ0v) is 9.80. The fourth-order valence-corrected chi connectivity index (χ4v) is 2.56. The van der Waals surface area contributed by atoms with Gasteiger partial charge in [-0.2, -0.15) is 0 Å². The molecule has 0 bridgehead atoms. The molecule has 1 unspecified atom stereocenters. The van der Waals surface area contributed by atoms with Crippen LogP contribution in [0.4, 0.5) is 0 Å². The van der Waals surface area contributed by atoms with Gasteiger partial charge in [0.2, 0.25) is 0 Å². The lowest BCUT2D eigenvalue weighted by molar-refractivity contribution is 0.269. The molecule has 0 spiro atoms. The summed E-state index contributed by atoms with van der Waals surface area (Å²) in [6.45, 7) is 0.661. The molecule has 2 rings (SSSR count). The van der Waals surface area contributed by atoms with Crippen molar-refractivity contribution in [3.05, 3.63) is 26.3 Å². The van der Waals surface area contributed by atoms with Crippen molar-refractivity contribution in [3.63, 3.8) is 0 Å². The fourth-order valence-electron chi connectivity index (χ4n) is 1.45. The molecule has 0 saturated carbocycles. The Morgan fingerprint density at radius 2 is 2.31 bits per heavy atom.